The predicted molar refractivity (Wildman–Crippen MR) is 84.2 cm³/mol. The van der Waals surface area contributed by atoms with Crippen LogP contribution in [0.2, 0.25) is 0 Å². The topological polar surface area (TPSA) is 41.6 Å². The summed E-state index contributed by atoms with van der Waals surface area (Å²) >= 11 is 1.65. The number of rotatable bonds is 4. The quantitative estimate of drug-likeness (QED) is 0.679. The van der Waals surface area contributed by atoms with Crippen molar-refractivity contribution in [2.75, 3.05) is 0 Å². The number of halogens is 1. The van der Waals surface area contributed by atoms with E-state index in [2.05, 4.69) is 11.2 Å². The Morgan fingerprint density at radius 3 is 2.68 bits per heavy atom. The molecule has 0 saturated heterocycles. The molecular weight excluding hydrogens is 297 g/mol. The summed E-state index contributed by atoms with van der Waals surface area (Å²) in [5, 5.41) is 13.2. The molecule has 22 heavy (non-hydrogen) atoms. The Hall–Kier alpha value is -2.58. The average molecular weight is 309 g/mol. The van der Waals surface area contributed by atoms with Crippen molar-refractivity contribution in [1.82, 2.24) is 9.78 Å². The van der Waals surface area contributed by atoms with Crippen molar-refractivity contribution in [2.45, 2.75) is 10.6 Å². The van der Waals surface area contributed by atoms with Crippen molar-refractivity contribution in [3.8, 4) is 11.8 Å². The molecule has 0 fully saturated rings. The van der Waals surface area contributed by atoms with Gasteiger partial charge in [-0.25, -0.2) is 9.07 Å². The third kappa shape index (κ3) is 3.35. The van der Waals surface area contributed by atoms with Crippen LogP contribution in [0.15, 0.2) is 65.7 Å². The van der Waals surface area contributed by atoms with Crippen LogP contribution in [-0.4, -0.2) is 9.78 Å². The summed E-state index contributed by atoms with van der Waals surface area (Å²) in [6, 6.07) is 17.8. The molecule has 3 aromatic rings. The molecule has 0 atom stereocenters. The SMILES string of the molecule is N#Cc1ccc(SCc2ccn(-c3cccc(F)c3)n2)cc1. The fourth-order valence-corrected chi connectivity index (χ4v) is 2.78. The molecule has 1 aromatic heterocycles. The molecule has 0 amide bonds. The Bertz CT molecular complexity index is 818. The zero-order chi connectivity index (χ0) is 15.4. The first-order valence-corrected chi connectivity index (χ1v) is 7.66. The van der Waals surface area contributed by atoms with Crippen LogP contribution < -0.4 is 0 Å². The molecule has 108 valence electrons. The van der Waals surface area contributed by atoms with Crippen molar-refractivity contribution < 1.29 is 4.39 Å². The monoisotopic (exact) mass is 309 g/mol. The standard InChI is InChI=1S/C17H12FN3S/c18-14-2-1-3-16(10-14)21-9-8-15(20-21)12-22-17-6-4-13(11-19)5-7-17/h1-10H,12H2. The third-order valence-electron chi connectivity index (χ3n) is 3.09. The second-order valence-electron chi connectivity index (χ2n) is 4.66. The van der Waals surface area contributed by atoms with Crippen LogP contribution in [0.5, 0.6) is 0 Å². The van der Waals surface area contributed by atoms with Gasteiger partial charge in [-0.3, -0.25) is 0 Å². The Balaban J connectivity index is 1.68. The largest absolute Gasteiger partial charge is 0.241 e. The van der Waals surface area contributed by atoms with E-state index < -0.39 is 0 Å². The van der Waals surface area contributed by atoms with Crippen molar-refractivity contribution >= 4 is 11.8 Å². The fourth-order valence-electron chi connectivity index (χ4n) is 1.98. The van der Waals surface area contributed by atoms with Crippen molar-refractivity contribution in [1.29, 1.82) is 5.26 Å². The minimum atomic E-state index is -0.276. The zero-order valence-electron chi connectivity index (χ0n) is 11.6. The Labute approximate surface area is 132 Å². The number of nitriles is 1. The molecule has 2 aromatic carbocycles. The second kappa shape index (κ2) is 6.46. The lowest BCUT2D eigenvalue weighted by Crippen LogP contribution is -1.96. The van der Waals surface area contributed by atoms with Gasteiger partial charge in [0.05, 0.1) is 23.0 Å². The summed E-state index contributed by atoms with van der Waals surface area (Å²) in [4.78, 5) is 1.08. The van der Waals surface area contributed by atoms with Gasteiger partial charge in [-0.05, 0) is 48.5 Å². The van der Waals surface area contributed by atoms with E-state index in [1.807, 2.05) is 30.5 Å². The van der Waals surface area contributed by atoms with Crippen molar-refractivity contribution in [3.05, 3.63) is 77.9 Å². The number of hydrogen-bond donors (Lipinski definition) is 0. The van der Waals surface area contributed by atoms with E-state index in [0.717, 1.165) is 10.6 Å². The number of aromatic nitrogens is 2. The molecule has 0 spiro atoms. The lowest BCUT2D eigenvalue weighted by molar-refractivity contribution is 0.625. The number of hydrogen-bond acceptors (Lipinski definition) is 3. The van der Waals surface area contributed by atoms with Crippen LogP contribution in [0.4, 0.5) is 4.39 Å². The summed E-state index contributed by atoms with van der Waals surface area (Å²) in [5.74, 6) is 0.440. The first-order chi connectivity index (χ1) is 10.7. The van der Waals surface area contributed by atoms with Gasteiger partial charge in [0.1, 0.15) is 5.82 Å². The molecule has 0 aliphatic rings. The lowest BCUT2D eigenvalue weighted by atomic mass is 10.2. The highest BCUT2D eigenvalue weighted by atomic mass is 32.2. The number of thioether (sulfide) groups is 1. The van der Waals surface area contributed by atoms with Crippen LogP contribution in [0.25, 0.3) is 5.69 Å². The van der Waals surface area contributed by atoms with E-state index in [-0.39, 0.29) is 5.82 Å². The molecule has 5 heteroatoms. The molecular formula is C17H12FN3S. The highest BCUT2D eigenvalue weighted by molar-refractivity contribution is 7.98. The van der Waals surface area contributed by atoms with Gasteiger partial charge in [0.2, 0.25) is 0 Å². The Morgan fingerprint density at radius 2 is 1.95 bits per heavy atom. The maximum absolute atomic E-state index is 13.2. The Morgan fingerprint density at radius 1 is 1.14 bits per heavy atom. The maximum atomic E-state index is 13.2. The van der Waals surface area contributed by atoms with Crippen LogP contribution >= 0.6 is 11.8 Å². The number of nitrogens with zero attached hydrogens (tertiary/aromatic N) is 3. The molecule has 3 nitrogen and oxygen atoms in total. The molecule has 0 bridgehead atoms. The van der Waals surface area contributed by atoms with E-state index in [1.165, 1.54) is 12.1 Å². The van der Waals surface area contributed by atoms with Crippen LogP contribution in [-0.2, 0) is 5.75 Å². The fraction of sp³-hybridized carbons (Fsp3) is 0.0588. The van der Waals surface area contributed by atoms with E-state index in [9.17, 15) is 4.39 Å². The first-order valence-electron chi connectivity index (χ1n) is 6.68. The predicted octanol–water partition coefficient (Wildman–Crippen LogP) is 4.18. The molecule has 0 saturated carbocycles. The Kier molecular flexibility index (Phi) is 4.22. The summed E-state index contributed by atoms with van der Waals surface area (Å²) in [7, 11) is 0. The van der Waals surface area contributed by atoms with Gasteiger partial charge in [-0.15, -0.1) is 11.8 Å². The lowest BCUT2D eigenvalue weighted by Gasteiger charge is -2.01. The molecule has 3 rings (SSSR count). The van der Waals surface area contributed by atoms with Crippen molar-refractivity contribution in [3.63, 3.8) is 0 Å². The van der Waals surface area contributed by atoms with E-state index in [4.69, 9.17) is 5.26 Å². The van der Waals surface area contributed by atoms with Crippen LogP contribution in [0.1, 0.15) is 11.3 Å². The summed E-state index contributed by atoms with van der Waals surface area (Å²) < 4.78 is 14.9. The van der Waals surface area contributed by atoms with Gasteiger partial charge in [0.25, 0.3) is 0 Å². The van der Waals surface area contributed by atoms with Gasteiger partial charge in [0.15, 0.2) is 0 Å². The normalized spacial score (nSPS) is 10.4. The third-order valence-corrected chi connectivity index (χ3v) is 4.13. The number of benzene rings is 2. The molecule has 0 unspecified atom stereocenters. The summed E-state index contributed by atoms with van der Waals surface area (Å²) in [6.45, 7) is 0. The average Bonchev–Trinajstić information content (AvgIpc) is 3.02. The maximum Gasteiger partial charge on any atom is 0.125 e. The highest BCUT2D eigenvalue weighted by Crippen LogP contribution is 2.22. The minimum absolute atomic E-state index is 0.276. The van der Waals surface area contributed by atoms with Gasteiger partial charge in [-0.1, -0.05) is 6.07 Å². The molecule has 0 aliphatic carbocycles. The summed E-state index contributed by atoms with van der Waals surface area (Å²) in [5.41, 5.74) is 2.27. The smallest absolute Gasteiger partial charge is 0.125 e. The van der Waals surface area contributed by atoms with E-state index in [0.29, 0.717) is 17.0 Å². The highest BCUT2D eigenvalue weighted by Gasteiger charge is 2.03. The molecule has 0 N–H and O–H groups in total. The van der Waals surface area contributed by atoms with Crippen molar-refractivity contribution in [2.24, 2.45) is 0 Å². The minimum Gasteiger partial charge on any atom is -0.241 e. The van der Waals surface area contributed by atoms with Gasteiger partial charge in [-0.2, -0.15) is 10.4 Å². The molecule has 0 radical (unpaired) electrons. The van der Waals surface area contributed by atoms with E-state index in [1.54, 1.807) is 34.6 Å². The van der Waals surface area contributed by atoms with Gasteiger partial charge >= 0.3 is 0 Å². The zero-order valence-corrected chi connectivity index (χ0v) is 12.4. The summed E-state index contributed by atoms with van der Waals surface area (Å²) in [6.07, 6.45) is 1.82. The molecule has 0 aliphatic heterocycles. The van der Waals surface area contributed by atoms with E-state index >= 15 is 0 Å². The molecule has 1 heterocycles. The first kappa shape index (κ1) is 14.4. The second-order valence-corrected chi connectivity index (χ2v) is 5.71. The van der Waals surface area contributed by atoms with Crippen LogP contribution in [0, 0.1) is 17.1 Å². The van der Waals surface area contributed by atoms with Gasteiger partial charge in [0, 0.05) is 16.8 Å². The van der Waals surface area contributed by atoms with Gasteiger partial charge < -0.3 is 0 Å². The van der Waals surface area contributed by atoms with Crippen LogP contribution in [0.3, 0.4) is 0 Å².